The molecule has 0 fully saturated rings. The van der Waals surface area contributed by atoms with Gasteiger partial charge in [0.2, 0.25) is 5.91 Å². The normalized spacial score (nSPS) is 10.5. The van der Waals surface area contributed by atoms with Crippen molar-refractivity contribution >= 4 is 5.91 Å². The molecular weight excluding hydrogens is 354 g/mol. The average Bonchev–Trinajstić information content (AvgIpc) is 2.71. The van der Waals surface area contributed by atoms with Crippen LogP contribution < -0.4 is 15.6 Å². The van der Waals surface area contributed by atoms with Gasteiger partial charge >= 0.3 is 0 Å². The Bertz CT molecular complexity index is 993. The van der Waals surface area contributed by atoms with Crippen molar-refractivity contribution in [1.82, 2.24) is 15.1 Å². The number of aromatic nitrogens is 2. The molecule has 144 valence electrons. The summed E-state index contributed by atoms with van der Waals surface area (Å²) in [5, 5.41) is 7.16. The fourth-order valence-electron chi connectivity index (χ4n) is 2.77. The van der Waals surface area contributed by atoms with E-state index in [9.17, 15) is 9.59 Å². The van der Waals surface area contributed by atoms with Crippen molar-refractivity contribution in [3.63, 3.8) is 0 Å². The van der Waals surface area contributed by atoms with E-state index in [-0.39, 0.29) is 18.0 Å². The second kappa shape index (κ2) is 8.99. The van der Waals surface area contributed by atoms with E-state index in [2.05, 4.69) is 10.4 Å². The number of hydrogen-bond acceptors (Lipinski definition) is 4. The lowest BCUT2D eigenvalue weighted by Gasteiger charge is -2.09. The number of methoxy groups -OCH3 is 1. The van der Waals surface area contributed by atoms with E-state index in [1.165, 1.54) is 10.7 Å². The summed E-state index contributed by atoms with van der Waals surface area (Å²) in [7, 11) is 1.62. The van der Waals surface area contributed by atoms with Crippen molar-refractivity contribution in [3.8, 4) is 17.0 Å². The quantitative estimate of drug-likeness (QED) is 0.687. The van der Waals surface area contributed by atoms with E-state index in [0.29, 0.717) is 18.7 Å². The molecule has 0 atom stereocenters. The molecule has 28 heavy (non-hydrogen) atoms. The van der Waals surface area contributed by atoms with E-state index in [4.69, 9.17) is 4.74 Å². The number of carbonyl (C=O) groups excluding carboxylic acids is 1. The molecule has 0 bridgehead atoms. The zero-order chi connectivity index (χ0) is 19.9. The zero-order valence-corrected chi connectivity index (χ0v) is 16.0. The Morgan fingerprint density at radius 2 is 1.75 bits per heavy atom. The van der Waals surface area contributed by atoms with E-state index in [0.717, 1.165) is 22.4 Å². The van der Waals surface area contributed by atoms with Gasteiger partial charge in [0.05, 0.1) is 12.8 Å². The zero-order valence-electron chi connectivity index (χ0n) is 16.0. The third-order valence-corrected chi connectivity index (χ3v) is 4.40. The lowest BCUT2D eigenvalue weighted by atomic mass is 10.1. The molecule has 0 saturated carbocycles. The van der Waals surface area contributed by atoms with Crippen LogP contribution in [0.3, 0.4) is 0 Å². The molecule has 2 aromatic carbocycles. The van der Waals surface area contributed by atoms with Crippen LogP contribution in [-0.4, -0.2) is 29.3 Å². The van der Waals surface area contributed by atoms with Crippen molar-refractivity contribution in [2.75, 3.05) is 13.7 Å². The molecule has 0 unspecified atom stereocenters. The molecule has 0 aliphatic rings. The summed E-state index contributed by atoms with van der Waals surface area (Å²) in [5.41, 5.74) is 3.50. The summed E-state index contributed by atoms with van der Waals surface area (Å²) in [4.78, 5) is 24.3. The summed E-state index contributed by atoms with van der Waals surface area (Å²) >= 11 is 0. The van der Waals surface area contributed by atoms with Crippen molar-refractivity contribution in [3.05, 3.63) is 82.1 Å². The van der Waals surface area contributed by atoms with Crippen LogP contribution in [0.1, 0.15) is 11.1 Å². The largest absolute Gasteiger partial charge is 0.497 e. The first-order valence-electron chi connectivity index (χ1n) is 9.10. The maximum atomic E-state index is 12.2. The molecule has 0 saturated heterocycles. The Morgan fingerprint density at radius 1 is 1.04 bits per heavy atom. The Kier molecular flexibility index (Phi) is 6.22. The predicted octanol–water partition coefficient (Wildman–Crippen LogP) is 2.59. The summed E-state index contributed by atoms with van der Waals surface area (Å²) in [6.45, 7) is 2.38. The number of nitrogens with one attached hydrogen (secondary N) is 1. The van der Waals surface area contributed by atoms with Crippen LogP contribution in [0.4, 0.5) is 0 Å². The van der Waals surface area contributed by atoms with Crippen LogP contribution in [0, 0.1) is 6.92 Å². The minimum atomic E-state index is -0.304. The number of benzene rings is 2. The number of hydrogen-bond donors (Lipinski definition) is 1. The van der Waals surface area contributed by atoms with Crippen LogP contribution in [0.25, 0.3) is 11.3 Å². The van der Waals surface area contributed by atoms with Gasteiger partial charge in [-0.15, -0.1) is 0 Å². The summed E-state index contributed by atoms with van der Waals surface area (Å²) < 4.78 is 6.32. The standard InChI is InChI=1S/C22H23N3O3/c1-16-3-7-18(8-4-16)20-11-12-22(27)25(24-20)15-21(26)23-14-13-17-5-9-19(28-2)10-6-17/h3-12H,13-15H2,1-2H3,(H,23,26). The van der Waals surface area contributed by atoms with Gasteiger partial charge in [0, 0.05) is 18.2 Å². The van der Waals surface area contributed by atoms with Gasteiger partial charge in [-0.1, -0.05) is 42.0 Å². The van der Waals surface area contributed by atoms with Crippen LogP contribution in [-0.2, 0) is 17.8 Å². The van der Waals surface area contributed by atoms with E-state index >= 15 is 0 Å². The van der Waals surface area contributed by atoms with Gasteiger partial charge in [-0.2, -0.15) is 5.10 Å². The SMILES string of the molecule is COc1ccc(CCNC(=O)Cn2nc(-c3ccc(C)cc3)ccc2=O)cc1. The highest BCUT2D eigenvalue weighted by atomic mass is 16.5. The second-order valence-corrected chi connectivity index (χ2v) is 6.53. The fraction of sp³-hybridized carbons (Fsp3) is 0.227. The summed E-state index contributed by atoms with van der Waals surface area (Å²) in [5.74, 6) is 0.552. The average molecular weight is 377 g/mol. The van der Waals surface area contributed by atoms with Gasteiger partial charge in [0.1, 0.15) is 12.3 Å². The number of nitrogens with zero attached hydrogens (tertiary/aromatic N) is 2. The van der Waals surface area contributed by atoms with E-state index < -0.39 is 0 Å². The molecule has 1 aromatic heterocycles. The lowest BCUT2D eigenvalue weighted by Crippen LogP contribution is -2.34. The number of ether oxygens (including phenoxy) is 1. The van der Waals surface area contributed by atoms with Crippen LogP contribution in [0.5, 0.6) is 5.75 Å². The highest BCUT2D eigenvalue weighted by molar-refractivity contribution is 5.75. The molecule has 0 aliphatic carbocycles. The lowest BCUT2D eigenvalue weighted by molar-refractivity contribution is -0.121. The molecule has 1 amide bonds. The Hall–Kier alpha value is -3.41. The molecule has 1 N–H and O–H groups in total. The molecule has 3 rings (SSSR count). The summed E-state index contributed by atoms with van der Waals surface area (Å²) in [6, 6.07) is 18.7. The number of aryl methyl sites for hydroxylation is 1. The third-order valence-electron chi connectivity index (χ3n) is 4.40. The number of carbonyl (C=O) groups is 1. The van der Waals surface area contributed by atoms with Crippen LogP contribution in [0.15, 0.2) is 65.5 Å². The van der Waals surface area contributed by atoms with Crippen LogP contribution >= 0.6 is 0 Å². The Balaban J connectivity index is 1.59. The molecule has 6 heteroatoms. The monoisotopic (exact) mass is 377 g/mol. The highest BCUT2D eigenvalue weighted by Gasteiger charge is 2.08. The molecule has 0 aliphatic heterocycles. The van der Waals surface area contributed by atoms with Crippen molar-refractivity contribution in [1.29, 1.82) is 0 Å². The summed E-state index contributed by atoms with van der Waals surface area (Å²) in [6.07, 6.45) is 0.696. The maximum absolute atomic E-state index is 12.2. The topological polar surface area (TPSA) is 73.2 Å². The van der Waals surface area contributed by atoms with Crippen molar-refractivity contribution < 1.29 is 9.53 Å². The van der Waals surface area contributed by atoms with E-state index in [1.807, 2.05) is 55.5 Å². The molecule has 6 nitrogen and oxygen atoms in total. The van der Waals surface area contributed by atoms with Gasteiger partial charge in [-0.05, 0) is 37.1 Å². The fourth-order valence-corrected chi connectivity index (χ4v) is 2.77. The van der Waals surface area contributed by atoms with Gasteiger partial charge in [-0.25, -0.2) is 4.68 Å². The first-order valence-corrected chi connectivity index (χ1v) is 9.10. The number of rotatable bonds is 7. The third kappa shape index (κ3) is 5.07. The Morgan fingerprint density at radius 3 is 2.43 bits per heavy atom. The molecule has 0 radical (unpaired) electrons. The van der Waals surface area contributed by atoms with Gasteiger partial charge in [0.15, 0.2) is 0 Å². The minimum absolute atomic E-state index is 0.110. The van der Waals surface area contributed by atoms with Gasteiger partial charge in [0.25, 0.3) is 5.56 Å². The smallest absolute Gasteiger partial charge is 0.267 e. The molecule has 0 spiro atoms. The first kappa shape index (κ1) is 19.4. The molecule has 3 aromatic rings. The van der Waals surface area contributed by atoms with Gasteiger partial charge in [-0.3, -0.25) is 9.59 Å². The van der Waals surface area contributed by atoms with Crippen molar-refractivity contribution in [2.24, 2.45) is 0 Å². The first-order chi connectivity index (χ1) is 13.5. The molecular formula is C22H23N3O3. The second-order valence-electron chi connectivity index (χ2n) is 6.53. The molecule has 1 heterocycles. The Labute approximate surface area is 163 Å². The van der Waals surface area contributed by atoms with Crippen LogP contribution in [0.2, 0.25) is 0 Å². The maximum Gasteiger partial charge on any atom is 0.267 e. The predicted molar refractivity (Wildman–Crippen MR) is 108 cm³/mol. The van der Waals surface area contributed by atoms with Crippen molar-refractivity contribution in [2.45, 2.75) is 19.9 Å². The van der Waals surface area contributed by atoms with Gasteiger partial charge < -0.3 is 10.1 Å². The number of amides is 1. The highest BCUT2D eigenvalue weighted by Crippen LogP contribution is 2.15. The van der Waals surface area contributed by atoms with E-state index in [1.54, 1.807) is 13.2 Å². The minimum Gasteiger partial charge on any atom is -0.497 e.